The fourth-order valence-corrected chi connectivity index (χ4v) is 2.18. The van der Waals surface area contributed by atoms with Gasteiger partial charge in [-0.2, -0.15) is 0 Å². The number of ether oxygens (including phenoxy) is 3. The Morgan fingerprint density at radius 2 is 2.00 bits per heavy atom. The van der Waals surface area contributed by atoms with Crippen molar-refractivity contribution < 1.29 is 23.8 Å². The van der Waals surface area contributed by atoms with Crippen LogP contribution in [0.1, 0.15) is 25.1 Å². The molecule has 7 heteroatoms. The molecule has 2 rings (SSSR count). The molecule has 0 saturated carbocycles. The maximum absolute atomic E-state index is 12.0. The molecule has 25 heavy (non-hydrogen) atoms. The molecule has 1 atom stereocenters. The first kappa shape index (κ1) is 18.4. The highest BCUT2D eigenvalue weighted by Crippen LogP contribution is 2.22. The van der Waals surface area contributed by atoms with Gasteiger partial charge in [-0.15, -0.1) is 0 Å². The van der Waals surface area contributed by atoms with Crippen molar-refractivity contribution in [2.24, 2.45) is 0 Å². The second-order valence-corrected chi connectivity index (χ2v) is 5.15. The number of esters is 2. The number of hydrogen-bond donors (Lipinski definition) is 0. The summed E-state index contributed by atoms with van der Waals surface area (Å²) in [7, 11) is 0. The number of carbonyl (C=O) groups excluding carboxylic acids is 2. The number of benzene rings is 1. The van der Waals surface area contributed by atoms with Crippen LogP contribution in [0, 0.1) is 0 Å². The summed E-state index contributed by atoms with van der Waals surface area (Å²) in [6.07, 6.45) is 3.93. The lowest BCUT2D eigenvalue weighted by atomic mass is 10.1. The Hall–Kier alpha value is -2.96. The smallest absolute Gasteiger partial charge is 0.347 e. The maximum Gasteiger partial charge on any atom is 0.347 e. The lowest BCUT2D eigenvalue weighted by Crippen LogP contribution is -2.30. The molecule has 2 aromatic rings. The number of nitrogens with zero attached hydrogens (tertiary/aromatic N) is 2. The zero-order valence-corrected chi connectivity index (χ0v) is 14.2. The molecular weight excluding hydrogens is 324 g/mol. The first-order valence-electron chi connectivity index (χ1n) is 7.89. The minimum Gasteiger partial charge on any atom is -0.487 e. The third-order valence-corrected chi connectivity index (χ3v) is 3.23. The minimum atomic E-state index is -1.02. The Morgan fingerprint density at radius 1 is 1.20 bits per heavy atom. The van der Waals surface area contributed by atoms with Crippen molar-refractivity contribution in [3.63, 3.8) is 0 Å². The maximum atomic E-state index is 12.0. The highest BCUT2D eigenvalue weighted by molar-refractivity contribution is 5.79. The monoisotopic (exact) mass is 344 g/mol. The van der Waals surface area contributed by atoms with Crippen LogP contribution in [0.5, 0.6) is 5.75 Å². The average molecular weight is 344 g/mol. The summed E-state index contributed by atoms with van der Waals surface area (Å²) in [5.74, 6) is -0.549. The van der Waals surface area contributed by atoms with Gasteiger partial charge in [-0.1, -0.05) is 18.2 Å². The van der Waals surface area contributed by atoms with Gasteiger partial charge in [0.05, 0.1) is 18.5 Å². The molecule has 1 heterocycles. The highest BCUT2D eigenvalue weighted by Gasteiger charge is 2.24. The van der Waals surface area contributed by atoms with Gasteiger partial charge in [0.2, 0.25) is 6.10 Å². The molecule has 0 saturated heterocycles. The summed E-state index contributed by atoms with van der Waals surface area (Å²) in [5, 5.41) is 0. The van der Waals surface area contributed by atoms with Crippen molar-refractivity contribution in [3.8, 4) is 5.75 Å². The quantitative estimate of drug-likeness (QED) is 0.678. The summed E-state index contributed by atoms with van der Waals surface area (Å²) in [5.41, 5.74) is 1.41. The summed E-state index contributed by atoms with van der Waals surface area (Å²) in [6.45, 7) is 3.40. The van der Waals surface area contributed by atoms with E-state index in [0.29, 0.717) is 11.4 Å². The predicted molar refractivity (Wildman–Crippen MR) is 88.7 cm³/mol. The van der Waals surface area contributed by atoms with Crippen LogP contribution in [0.2, 0.25) is 0 Å². The van der Waals surface area contributed by atoms with Crippen molar-refractivity contribution in [3.05, 3.63) is 54.1 Å². The molecule has 1 unspecified atom stereocenters. The standard InChI is InChI=1S/C18H20N2O5/c1-3-23-18(22)17(25-13(2)21)10-14-6-4-5-7-16(14)24-12-15-11-19-8-9-20-15/h4-9,11,17H,3,10,12H2,1-2H3. The topological polar surface area (TPSA) is 87.6 Å². The Morgan fingerprint density at radius 3 is 2.68 bits per heavy atom. The molecule has 0 N–H and O–H groups in total. The molecule has 0 radical (unpaired) electrons. The van der Waals surface area contributed by atoms with Crippen LogP contribution in [-0.4, -0.2) is 34.6 Å². The molecule has 0 fully saturated rings. The van der Waals surface area contributed by atoms with Gasteiger partial charge in [-0.25, -0.2) is 4.79 Å². The number of aromatic nitrogens is 2. The van der Waals surface area contributed by atoms with Crippen molar-refractivity contribution in [2.45, 2.75) is 33.0 Å². The normalized spacial score (nSPS) is 11.4. The lowest BCUT2D eigenvalue weighted by molar-refractivity contribution is -0.166. The third-order valence-electron chi connectivity index (χ3n) is 3.23. The largest absolute Gasteiger partial charge is 0.487 e. The van der Waals surface area contributed by atoms with Gasteiger partial charge in [0, 0.05) is 25.7 Å². The Kier molecular flexibility index (Phi) is 6.88. The molecule has 1 aromatic heterocycles. The van der Waals surface area contributed by atoms with E-state index in [2.05, 4.69) is 9.97 Å². The molecule has 0 aliphatic carbocycles. The van der Waals surface area contributed by atoms with E-state index in [1.54, 1.807) is 31.6 Å². The zero-order chi connectivity index (χ0) is 18.1. The first-order chi connectivity index (χ1) is 12.1. The van der Waals surface area contributed by atoms with E-state index in [1.807, 2.05) is 18.2 Å². The molecule has 7 nitrogen and oxygen atoms in total. The zero-order valence-electron chi connectivity index (χ0n) is 14.2. The van der Waals surface area contributed by atoms with Crippen molar-refractivity contribution >= 4 is 11.9 Å². The highest BCUT2D eigenvalue weighted by atomic mass is 16.6. The Labute approximate surface area is 146 Å². The molecule has 0 aliphatic heterocycles. The second-order valence-electron chi connectivity index (χ2n) is 5.15. The van der Waals surface area contributed by atoms with Crippen molar-refractivity contribution in [2.75, 3.05) is 6.61 Å². The summed E-state index contributed by atoms with van der Waals surface area (Å²) >= 11 is 0. The van der Waals surface area contributed by atoms with Gasteiger partial charge in [-0.05, 0) is 18.6 Å². The molecule has 0 bridgehead atoms. The molecule has 0 aliphatic rings. The number of rotatable bonds is 8. The van der Waals surface area contributed by atoms with Gasteiger partial charge in [0.15, 0.2) is 0 Å². The van der Waals surface area contributed by atoms with Gasteiger partial charge in [0.25, 0.3) is 0 Å². The average Bonchev–Trinajstić information content (AvgIpc) is 2.61. The fourth-order valence-electron chi connectivity index (χ4n) is 2.18. The molecule has 0 spiro atoms. The van der Waals surface area contributed by atoms with Gasteiger partial charge in [-0.3, -0.25) is 14.8 Å². The van der Waals surface area contributed by atoms with E-state index in [4.69, 9.17) is 14.2 Å². The van der Waals surface area contributed by atoms with E-state index in [-0.39, 0.29) is 19.6 Å². The lowest BCUT2D eigenvalue weighted by Gasteiger charge is -2.17. The summed E-state index contributed by atoms with van der Waals surface area (Å²) in [4.78, 5) is 31.4. The van der Waals surface area contributed by atoms with Crippen LogP contribution in [0.4, 0.5) is 0 Å². The molecule has 0 amide bonds. The second kappa shape index (κ2) is 9.36. The van der Waals surface area contributed by atoms with Crippen LogP contribution >= 0.6 is 0 Å². The molecular formula is C18H20N2O5. The van der Waals surface area contributed by atoms with E-state index >= 15 is 0 Å². The van der Waals surface area contributed by atoms with E-state index in [0.717, 1.165) is 5.56 Å². The number of para-hydroxylation sites is 1. The third kappa shape index (κ3) is 5.87. The van der Waals surface area contributed by atoms with Crippen molar-refractivity contribution in [1.82, 2.24) is 9.97 Å². The fraction of sp³-hybridized carbons (Fsp3) is 0.333. The van der Waals surface area contributed by atoms with E-state index in [9.17, 15) is 9.59 Å². The minimum absolute atomic E-state index is 0.162. The summed E-state index contributed by atoms with van der Waals surface area (Å²) < 4.78 is 15.8. The number of carbonyl (C=O) groups is 2. The van der Waals surface area contributed by atoms with Crippen LogP contribution in [-0.2, 0) is 32.1 Å². The van der Waals surface area contributed by atoms with E-state index in [1.165, 1.54) is 6.92 Å². The summed E-state index contributed by atoms with van der Waals surface area (Å²) in [6, 6.07) is 7.23. The number of hydrogen-bond acceptors (Lipinski definition) is 7. The van der Waals surface area contributed by atoms with Crippen LogP contribution in [0.25, 0.3) is 0 Å². The predicted octanol–water partition coefficient (Wildman–Crippen LogP) is 2.09. The van der Waals surface area contributed by atoms with Crippen LogP contribution in [0.3, 0.4) is 0 Å². The molecule has 132 valence electrons. The molecule has 1 aromatic carbocycles. The Balaban J connectivity index is 2.11. The van der Waals surface area contributed by atoms with Gasteiger partial charge < -0.3 is 14.2 Å². The van der Waals surface area contributed by atoms with E-state index < -0.39 is 18.0 Å². The van der Waals surface area contributed by atoms with Gasteiger partial charge in [0.1, 0.15) is 12.4 Å². The van der Waals surface area contributed by atoms with Crippen LogP contribution in [0.15, 0.2) is 42.9 Å². The van der Waals surface area contributed by atoms with Gasteiger partial charge >= 0.3 is 11.9 Å². The van der Waals surface area contributed by atoms with Crippen LogP contribution < -0.4 is 4.74 Å². The van der Waals surface area contributed by atoms with Crippen molar-refractivity contribution in [1.29, 1.82) is 0 Å². The SMILES string of the molecule is CCOC(=O)C(Cc1ccccc1OCc1cnccn1)OC(C)=O. The Bertz CT molecular complexity index is 706. The first-order valence-corrected chi connectivity index (χ1v) is 7.89.